The number of likely N-dealkylation sites (N-methyl/N-ethyl adjacent to an activating group) is 1. The van der Waals surface area contributed by atoms with Crippen molar-refractivity contribution in [3.63, 3.8) is 0 Å². The zero-order chi connectivity index (χ0) is 15.3. The molecule has 0 amide bonds. The minimum absolute atomic E-state index is 0.0763. The predicted molar refractivity (Wildman–Crippen MR) is 85.7 cm³/mol. The third-order valence-corrected chi connectivity index (χ3v) is 3.18. The van der Waals surface area contributed by atoms with Crippen molar-refractivity contribution < 1.29 is 14.2 Å². The summed E-state index contributed by atoms with van der Waals surface area (Å²) in [5, 5.41) is 3.35. The summed E-state index contributed by atoms with van der Waals surface area (Å²) in [5.74, 6) is 0. The van der Waals surface area contributed by atoms with E-state index in [0.29, 0.717) is 13.2 Å². The number of methoxy groups -OCH3 is 1. The Morgan fingerprint density at radius 1 is 1.14 bits per heavy atom. The number of nitrogens with one attached hydrogen (secondary N) is 1. The molecule has 0 fully saturated rings. The van der Waals surface area contributed by atoms with Gasteiger partial charge in [0.15, 0.2) is 0 Å². The molecular weight excluding hydrogens is 266 g/mol. The van der Waals surface area contributed by atoms with Gasteiger partial charge in [-0.2, -0.15) is 0 Å². The summed E-state index contributed by atoms with van der Waals surface area (Å²) in [6, 6.07) is 8.48. The Balaban J connectivity index is 2.33. The zero-order valence-corrected chi connectivity index (χ0v) is 13.6. The van der Waals surface area contributed by atoms with Crippen molar-refractivity contribution >= 4 is 0 Å². The van der Waals surface area contributed by atoms with Crippen LogP contribution in [0.25, 0.3) is 0 Å². The molecule has 120 valence electrons. The van der Waals surface area contributed by atoms with Crippen LogP contribution in [0.3, 0.4) is 0 Å². The molecule has 1 rings (SSSR count). The molecule has 1 N–H and O–H groups in total. The Morgan fingerprint density at radius 3 is 2.71 bits per heavy atom. The second kappa shape index (κ2) is 11.7. The highest BCUT2D eigenvalue weighted by atomic mass is 16.5. The number of benzene rings is 1. The molecule has 0 spiro atoms. The molecule has 0 aliphatic rings. The number of hydrogen-bond acceptors (Lipinski definition) is 4. The van der Waals surface area contributed by atoms with E-state index >= 15 is 0 Å². The molecule has 0 radical (unpaired) electrons. The summed E-state index contributed by atoms with van der Waals surface area (Å²) in [7, 11) is 1.70. The fraction of sp³-hybridized carbons (Fsp3) is 0.647. The van der Waals surface area contributed by atoms with E-state index in [2.05, 4.69) is 43.4 Å². The molecule has 4 heteroatoms. The average molecular weight is 295 g/mol. The highest BCUT2D eigenvalue weighted by Gasteiger charge is 2.11. The molecule has 21 heavy (non-hydrogen) atoms. The molecule has 0 bridgehead atoms. The molecule has 0 aliphatic carbocycles. The van der Waals surface area contributed by atoms with Crippen molar-refractivity contribution in [2.45, 2.75) is 26.4 Å². The fourth-order valence-electron chi connectivity index (χ4n) is 2.08. The second-order valence-corrected chi connectivity index (χ2v) is 5.04. The summed E-state index contributed by atoms with van der Waals surface area (Å²) in [5.41, 5.74) is 2.48. The quantitative estimate of drug-likeness (QED) is 0.602. The van der Waals surface area contributed by atoms with E-state index in [4.69, 9.17) is 14.2 Å². The van der Waals surface area contributed by atoms with Gasteiger partial charge < -0.3 is 19.5 Å². The van der Waals surface area contributed by atoms with Gasteiger partial charge in [-0.15, -0.1) is 0 Å². The maximum absolute atomic E-state index is 5.97. The van der Waals surface area contributed by atoms with Crippen molar-refractivity contribution in [2.24, 2.45) is 0 Å². The third-order valence-electron chi connectivity index (χ3n) is 3.18. The molecule has 0 saturated carbocycles. The van der Waals surface area contributed by atoms with Gasteiger partial charge in [0.2, 0.25) is 0 Å². The topological polar surface area (TPSA) is 39.7 Å². The minimum Gasteiger partial charge on any atom is -0.385 e. The van der Waals surface area contributed by atoms with Gasteiger partial charge in [0.25, 0.3) is 0 Å². The van der Waals surface area contributed by atoms with E-state index in [1.807, 2.05) is 0 Å². The lowest BCUT2D eigenvalue weighted by molar-refractivity contribution is 0.000923. The standard InChI is InChI=1S/C17H29NO3/c1-4-18-14-17(16-8-5-7-15(2)13-16)21-12-11-20-10-6-9-19-3/h5,7-8,13,17-18H,4,6,9-12,14H2,1-3H3. The van der Waals surface area contributed by atoms with Gasteiger partial charge in [-0.1, -0.05) is 36.8 Å². The summed E-state index contributed by atoms with van der Waals surface area (Å²) >= 11 is 0. The lowest BCUT2D eigenvalue weighted by atomic mass is 10.1. The van der Waals surface area contributed by atoms with Crippen molar-refractivity contribution in [1.82, 2.24) is 5.32 Å². The molecule has 1 aromatic carbocycles. The molecule has 0 heterocycles. The van der Waals surface area contributed by atoms with Gasteiger partial charge in [0.1, 0.15) is 0 Å². The average Bonchev–Trinajstić information content (AvgIpc) is 2.49. The van der Waals surface area contributed by atoms with Gasteiger partial charge >= 0.3 is 0 Å². The lowest BCUT2D eigenvalue weighted by Crippen LogP contribution is -2.24. The van der Waals surface area contributed by atoms with Crippen LogP contribution in [0.5, 0.6) is 0 Å². The molecule has 1 atom stereocenters. The Bertz CT molecular complexity index is 371. The highest BCUT2D eigenvalue weighted by Crippen LogP contribution is 2.17. The van der Waals surface area contributed by atoms with E-state index in [-0.39, 0.29) is 6.10 Å². The van der Waals surface area contributed by atoms with E-state index in [0.717, 1.165) is 32.7 Å². The van der Waals surface area contributed by atoms with Crippen molar-refractivity contribution in [1.29, 1.82) is 0 Å². The normalized spacial score (nSPS) is 12.5. The highest BCUT2D eigenvalue weighted by molar-refractivity contribution is 5.24. The van der Waals surface area contributed by atoms with Crippen LogP contribution in [0, 0.1) is 6.92 Å². The number of hydrogen-bond donors (Lipinski definition) is 1. The van der Waals surface area contributed by atoms with Crippen molar-refractivity contribution in [3.8, 4) is 0 Å². The number of rotatable bonds is 12. The maximum atomic E-state index is 5.97. The summed E-state index contributed by atoms with van der Waals surface area (Å²) in [4.78, 5) is 0. The Hall–Kier alpha value is -0.940. The smallest absolute Gasteiger partial charge is 0.0950 e. The monoisotopic (exact) mass is 295 g/mol. The van der Waals surface area contributed by atoms with E-state index < -0.39 is 0 Å². The van der Waals surface area contributed by atoms with E-state index in [9.17, 15) is 0 Å². The minimum atomic E-state index is 0.0763. The van der Waals surface area contributed by atoms with Crippen LogP contribution in [0.1, 0.15) is 30.6 Å². The molecule has 0 aliphatic heterocycles. The van der Waals surface area contributed by atoms with E-state index in [1.165, 1.54) is 11.1 Å². The van der Waals surface area contributed by atoms with Crippen LogP contribution >= 0.6 is 0 Å². The molecule has 1 aromatic rings. The lowest BCUT2D eigenvalue weighted by Gasteiger charge is -2.19. The fourth-order valence-corrected chi connectivity index (χ4v) is 2.08. The first-order valence-electron chi connectivity index (χ1n) is 7.73. The first kappa shape index (κ1) is 18.1. The first-order chi connectivity index (χ1) is 10.3. The number of aryl methyl sites for hydroxylation is 1. The zero-order valence-electron chi connectivity index (χ0n) is 13.6. The van der Waals surface area contributed by atoms with E-state index in [1.54, 1.807) is 7.11 Å². The Kier molecular flexibility index (Phi) is 10.1. The summed E-state index contributed by atoms with van der Waals surface area (Å²) < 4.78 is 16.5. The molecule has 0 aromatic heterocycles. The molecule has 0 saturated heterocycles. The van der Waals surface area contributed by atoms with Gasteiger partial charge in [-0.05, 0) is 25.5 Å². The van der Waals surface area contributed by atoms with Crippen LogP contribution in [0.15, 0.2) is 24.3 Å². The molecular formula is C17H29NO3. The number of ether oxygens (including phenoxy) is 3. The van der Waals surface area contributed by atoms with Gasteiger partial charge in [0, 0.05) is 26.9 Å². The summed E-state index contributed by atoms with van der Waals surface area (Å²) in [6.07, 6.45) is 1.00. The first-order valence-corrected chi connectivity index (χ1v) is 7.73. The maximum Gasteiger partial charge on any atom is 0.0950 e. The van der Waals surface area contributed by atoms with Crippen LogP contribution in [-0.2, 0) is 14.2 Å². The molecule has 4 nitrogen and oxygen atoms in total. The van der Waals surface area contributed by atoms with Gasteiger partial charge in [-0.3, -0.25) is 0 Å². The SMILES string of the molecule is CCNCC(OCCOCCCOC)c1cccc(C)c1. The van der Waals surface area contributed by atoms with Crippen molar-refractivity contribution in [2.75, 3.05) is 46.6 Å². The third kappa shape index (κ3) is 8.17. The Labute approximate surface area is 128 Å². The largest absolute Gasteiger partial charge is 0.385 e. The van der Waals surface area contributed by atoms with Crippen molar-refractivity contribution in [3.05, 3.63) is 35.4 Å². The predicted octanol–water partition coefficient (Wildman–Crippen LogP) is 2.72. The van der Waals surface area contributed by atoms with Crippen LogP contribution in [0.2, 0.25) is 0 Å². The second-order valence-electron chi connectivity index (χ2n) is 5.04. The summed E-state index contributed by atoms with van der Waals surface area (Å²) in [6.45, 7) is 8.67. The van der Waals surface area contributed by atoms with Crippen LogP contribution < -0.4 is 5.32 Å². The Morgan fingerprint density at radius 2 is 2.00 bits per heavy atom. The van der Waals surface area contributed by atoms with Gasteiger partial charge in [0.05, 0.1) is 19.3 Å². The molecule has 1 unspecified atom stereocenters. The van der Waals surface area contributed by atoms with Crippen LogP contribution in [-0.4, -0.2) is 46.6 Å². The van der Waals surface area contributed by atoms with Crippen LogP contribution in [0.4, 0.5) is 0 Å². The van der Waals surface area contributed by atoms with Gasteiger partial charge in [-0.25, -0.2) is 0 Å².